The van der Waals surface area contributed by atoms with Crippen molar-refractivity contribution in [2.24, 2.45) is 0 Å². The van der Waals surface area contributed by atoms with Crippen molar-refractivity contribution in [2.75, 3.05) is 13.2 Å². The van der Waals surface area contributed by atoms with Crippen molar-refractivity contribution in [1.29, 1.82) is 0 Å². The van der Waals surface area contributed by atoms with Gasteiger partial charge in [0.2, 0.25) is 5.91 Å². The molecule has 0 saturated carbocycles. The fourth-order valence-electron chi connectivity index (χ4n) is 9.87. The van der Waals surface area contributed by atoms with E-state index in [4.69, 9.17) is 9.47 Å². The quantitative estimate of drug-likeness (QED) is 0.0261. The van der Waals surface area contributed by atoms with Crippen LogP contribution in [-0.2, 0) is 14.3 Å². The van der Waals surface area contributed by atoms with Crippen LogP contribution >= 0.6 is 0 Å². The molecule has 1 saturated heterocycles. The van der Waals surface area contributed by atoms with E-state index < -0.39 is 49.5 Å². The summed E-state index contributed by atoms with van der Waals surface area (Å²) < 4.78 is 11.3. The summed E-state index contributed by atoms with van der Waals surface area (Å²) in [5, 5.41) is 54.6. The fourth-order valence-corrected chi connectivity index (χ4v) is 9.87. The average Bonchev–Trinajstić information content (AvgIpc) is 3.34. The third-order valence-electron chi connectivity index (χ3n) is 14.6. The van der Waals surface area contributed by atoms with Crippen molar-refractivity contribution in [3.63, 3.8) is 0 Å². The molecule has 0 aliphatic carbocycles. The highest BCUT2D eigenvalue weighted by Gasteiger charge is 2.44. The van der Waals surface area contributed by atoms with Gasteiger partial charge in [0.1, 0.15) is 24.4 Å². The van der Waals surface area contributed by atoms with E-state index in [0.717, 1.165) is 51.4 Å². The van der Waals surface area contributed by atoms with Gasteiger partial charge >= 0.3 is 0 Å². The second-order valence-corrected chi connectivity index (χ2v) is 21.1. The number of allylic oxidation sites excluding steroid dienone is 2. The number of unbranched alkanes of at least 4 members (excludes halogenated alkanes) is 40. The molecular weight excluding hydrogens is 851 g/mol. The number of carbonyl (C=O) groups is 1. The van der Waals surface area contributed by atoms with Crippen LogP contribution in [-0.4, -0.2) is 87.5 Å². The lowest BCUT2D eigenvalue weighted by Gasteiger charge is -2.40. The first-order chi connectivity index (χ1) is 33.3. The predicted octanol–water partition coefficient (Wildman–Crippen LogP) is 14.8. The lowest BCUT2D eigenvalue weighted by atomic mass is 9.99. The maximum absolute atomic E-state index is 13.0. The summed E-state index contributed by atoms with van der Waals surface area (Å²) in [7, 11) is 0. The van der Waals surface area contributed by atoms with E-state index in [1.54, 1.807) is 0 Å². The van der Waals surface area contributed by atoms with Gasteiger partial charge in [0.25, 0.3) is 0 Å². The zero-order valence-corrected chi connectivity index (χ0v) is 44.9. The first-order valence-corrected chi connectivity index (χ1v) is 29.9. The summed E-state index contributed by atoms with van der Waals surface area (Å²) in [5.74, 6) is -0.150. The van der Waals surface area contributed by atoms with E-state index in [2.05, 4.69) is 31.3 Å². The highest BCUT2D eigenvalue weighted by Crippen LogP contribution is 2.23. The molecule has 0 aromatic carbocycles. The summed E-state index contributed by atoms with van der Waals surface area (Å²) in [6, 6.07) is -0.720. The minimum absolute atomic E-state index is 0.138. The maximum Gasteiger partial charge on any atom is 0.220 e. The van der Waals surface area contributed by atoms with Gasteiger partial charge in [0.05, 0.1) is 25.4 Å². The summed E-state index contributed by atoms with van der Waals surface area (Å²) in [6.07, 6.45) is 54.2. The highest BCUT2D eigenvalue weighted by molar-refractivity contribution is 5.76. The Hall–Kier alpha value is -1.07. The van der Waals surface area contributed by atoms with E-state index in [1.165, 1.54) is 225 Å². The van der Waals surface area contributed by atoms with Crippen molar-refractivity contribution in [1.82, 2.24) is 5.32 Å². The van der Waals surface area contributed by atoms with Crippen molar-refractivity contribution in [3.8, 4) is 0 Å². The van der Waals surface area contributed by atoms with Gasteiger partial charge in [-0.3, -0.25) is 4.79 Å². The fraction of sp³-hybridized carbons (Fsp3) is 0.949. The predicted molar refractivity (Wildman–Crippen MR) is 286 cm³/mol. The molecule has 0 spiro atoms. The van der Waals surface area contributed by atoms with Gasteiger partial charge in [-0.2, -0.15) is 0 Å². The van der Waals surface area contributed by atoms with Gasteiger partial charge in [-0.25, -0.2) is 0 Å². The molecule has 404 valence electrons. The second kappa shape index (κ2) is 49.5. The molecule has 6 N–H and O–H groups in total. The molecule has 7 atom stereocenters. The van der Waals surface area contributed by atoms with Crippen LogP contribution in [0.25, 0.3) is 0 Å². The average molecular weight is 967 g/mol. The minimum atomic E-state index is -1.55. The maximum atomic E-state index is 13.0. The van der Waals surface area contributed by atoms with Gasteiger partial charge in [0.15, 0.2) is 6.29 Å². The number of carbonyl (C=O) groups excluding carboxylic acids is 1. The SMILES string of the molecule is CCCCC/C=C\CCCCCCCC(=O)NC(COC1OC(CO)C(O)C(O)C1O)C(O)CCCCCCCCCCCCCCCCCCCCCCCCCCCCCCCCCCC. The molecular formula is C59H115NO8. The van der Waals surface area contributed by atoms with Crippen LogP contribution in [0.15, 0.2) is 12.2 Å². The first-order valence-electron chi connectivity index (χ1n) is 29.9. The summed E-state index contributed by atoms with van der Waals surface area (Å²) in [4.78, 5) is 13.0. The molecule has 7 unspecified atom stereocenters. The first kappa shape index (κ1) is 64.9. The number of hydrogen-bond donors (Lipinski definition) is 6. The van der Waals surface area contributed by atoms with Crippen LogP contribution in [0.5, 0.6) is 0 Å². The Labute approximate surface area is 420 Å². The molecule has 1 aliphatic heterocycles. The molecule has 0 aromatic rings. The van der Waals surface area contributed by atoms with E-state index in [1.807, 2.05) is 0 Å². The monoisotopic (exact) mass is 966 g/mol. The van der Waals surface area contributed by atoms with Crippen molar-refractivity contribution < 1.29 is 39.8 Å². The van der Waals surface area contributed by atoms with Gasteiger partial charge < -0.3 is 40.3 Å². The molecule has 0 aromatic heterocycles. The summed E-state index contributed by atoms with van der Waals surface area (Å²) in [5.41, 5.74) is 0. The second-order valence-electron chi connectivity index (χ2n) is 21.1. The molecule has 1 heterocycles. The smallest absolute Gasteiger partial charge is 0.220 e. The van der Waals surface area contributed by atoms with E-state index >= 15 is 0 Å². The molecule has 1 rings (SSSR count). The van der Waals surface area contributed by atoms with Crippen LogP contribution in [0.4, 0.5) is 0 Å². The molecule has 0 radical (unpaired) electrons. The van der Waals surface area contributed by atoms with Crippen molar-refractivity contribution in [3.05, 3.63) is 12.2 Å². The van der Waals surface area contributed by atoms with Crippen LogP contribution in [0.1, 0.15) is 303 Å². The lowest BCUT2D eigenvalue weighted by Crippen LogP contribution is -2.60. The third-order valence-corrected chi connectivity index (χ3v) is 14.6. The Bertz CT molecular complexity index is 1080. The van der Waals surface area contributed by atoms with Gasteiger partial charge in [-0.1, -0.05) is 270 Å². The molecule has 9 nitrogen and oxygen atoms in total. The number of aliphatic hydroxyl groups excluding tert-OH is 5. The molecule has 1 fully saturated rings. The Morgan fingerprint density at radius 3 is 1.22 bits per heavy atom. The van der Waals surface area contributed by atoms with Crippen LogP contribution in [0.2, 0.25) is 0 Å². The Balaban J connectivity index is 2.07. The number of rotatable bonds is 52. The number of aliphatic hydroxyl groups is 5. The molecule has 68 heavy (non-hydrogen) atoms. The lowest BCUT2D eigenvalue weighted by molar-refractivity contribution is -0.302. The topological polar surface area (TPSA) is 149 Å². The normalized spacial score (nSPS) is 19.5. The highest BCUT2D eigenvalue weighted by atomic mass is 16.7. The largest absolute Gasteiger partial charge is 0.394 e. The minimum Gasteiger partial charge on any atom is -0.394 e. The van der Waals surface area contributed by atoms with E-state index in [9.17, 15) is 30.3 Å². The number of hydrogen-bond acceptors (Lipinski definition) is 8. The summed E-state index contributed by atoms with van der Waals surface area (Å²) >= 11 is 0. The number of amides is 1. The van der Waals surface area contributed by atoms with Crippen molar-refractivity contribution >= 4 is 5.91 Å². The zero-order chi connectivity index (χ0) is 49.4. The van der Waals surface area contributed by atoms with Gasteiger partial charge in [-0.15, -0.1) is 0 Å². The molecule has 0 bridgehead atoms. The molecule has 1 amide bonds. The molecule has 9 heteroatoms. The standard InChI is InChI=1S/C59H115NO8/c1-3-5-7-9-11-13-15-17-18-19-20-21-22-23-24-25-26-27-28-29-30-31-32-33-34-35-36-37-38-40-42-44-46-48-53(62)52(51-67-59-58(66)57(65)56(64)54(50-61)68-59)60-55(63)49-47-45-43-41-39-16-14-12-10-8-6-4-2/h12,14,52-54,56-59,61-62,64-66H,3-11,13,15-51H2,1-2H3,(H,60,63)/b14-12-. The Morgan fingerprint density at radius 1 is 0.485 bits per heavy atom. The van der Waals surface area contributed by atoms with Crippen LogP contribution in [0.3, 0.4) is 0 Å². The third kappa shape index (κ3) is 38.6. The molecule has 1 aliphatic rings. The Kier molecular flexibility index (Phi) is 47.3. The van der Waals surface area contributed by atoms with Gasteiger partial charge in [0, 0.05) is 6.42 Å². The van der Waals surface area contributed by atoms with Gasteiger partial charge in [-0.05, 0) is 38.5 Å². The Morgan fingerprint density at radius 2 is 0.824 bits per heavy atom. The van der Waals surface area contributed by atoms with E-state index in [0.29, 0.717) is 12.8 Å². The number of ether oxygens (including phenoxy) is 2. The van der Waals surface area contributed by atoms with Crippen molar-refractivity contribution in [2.45, 2.75) is 346 Å². The number of nitrogens with one attached hydrogen (secondary N) is 1. The van der Waals surface area contributed by atoms with E-state index in [-0.39, 0.29) is 12.5 Å². The summed E-state index contributed by atoms with van der Waals surface area (Å²) in [6.45, 7) is 3.83. The zero-order valence-electron chi connectivity index (χ0n) is 44.9. The van der Waals surface area contributed by atoms with Crippen LogP contribution in [0, 0.1) is 0 Å². The van der Waals surface area contributed by atoms with Crippen LogP contribution < -0.4 is 5.32 Å².